The molecule has 0 saturated carbocycles. The third-order valence-electron chi connectivity index (χ3n) is 2.49. The molecular formula is C14H12Cl2N2O. The fourth-order valence-electron chi connectivity index (χ4n) is 1.61. The van der Waals surface area contributed by atoms with Gasteiger partial charge in [-0.2, -0.15) is 0 Å². The standard InChI is InChI=1S/C14H12Cl2N2O/c1-19-18-14(10-5-3-2-4-6-10)13(16)11-9-17-8-7-12(11)15/h2-9,18H,1H3. The molecule has 1 aromatic heterocycles. The predicted octanol–water partition coefficient (Wildman–Crippen LogP) is 3.95. The molecule has 0 aliphatic heterocycles. The van der Waals surface area contributed by atoms with Crippen LogP contribution >= 0.6 is 23.2 Å². The van der Waals surface area contributed by atoms with Crippen molar-refractivity contribution in [3.63, 3.8) is 0 Å². The minimum absolute atomic E-state index is 0.450. The number of hydrogen-bond donors (Lipinski definition) is 1. The van der Waals surface area contributed by atoms with E-state index < -0.39 is 0 Å². The number of aromatic nitrogens is 1. The molecule has 0 spiro atoms. The summed E-state index contributed by atoms with van der Waals surface area (Å²) >= 11 is 12.5. The monoisotopic (exact) mass is 294 g/mol. The fourth-order valence-corrected chi connectivity index (χ4v) is 2.16. The number of nitrogens with one attached hydrogen (secondary N) is 1. The average Bonchev–Trinajstić information content (AvgIpc) is 2.45. The Kier molecular flexibility index (Phi) is 4.80. The molecule has 0 saturated heterocycles. The molecular weight excluding hydrogens is 283 g/mol. The second kappa shape index (κ2) is 6.57. The van der Waals surface area contributed by atoms with Gasteiger partial charge in [-0.15, -0.1) is 0 Å². The number of hydroxylamine groups is 1. The normalized spacial score (nSPS) is 11.9. The van der Waals surface area contributed by atoms with Gasteiger partial charge in [0, 0.05) is 23.5 Å². The number of nitrogens with zero attached hydrogens (tertiary/aromatic N) is 1. The number of pyridine rings is 1. The Hall–Kier alpha value is -1.55. The molecule has 2 rings (SSSR count). The van der Waals surface area contributed by atoms with Crippen LogP contribution in [0.25, 0.3) is 10.7 Å². The van der Waals surface area contributed by atoms with Gasteiger partial charge in [0.1, 0.15) is 0 Å². The van der Waals surface area contributed by atoms with E-state index in [0.717, 1.165) is 5.56 Å². The van der Waals surface area contributed by atoms with Crippen molar-refractivity contribution in [1.82, 2.24) is 10.5 Å². The highest BCUT2D eigenvalue weighted by atomic mass is 35.5. The Morgan fingerprint density at radius 3 is 2.58 bits per heavy atom. The van der Waals surface area contributed by atoms with Crippen LogP contribution in [0.3, 0.4) is 0 Å². The molecule has 0 amide bonds. The lowest BCUT2D eigenvalue weighted by Gasteiger charge is -2.12. The Labute approximate surface area is 121 Å². The van der Waals surface area contributed by atoms with Crippen molar-refractivity contribution in [2.75, 3.05) is 7.11 Å². The van der Waals surface area contributed by atoms with Gasteiger partial charge < -0.3 is 0 Å². The van der Waals surface area contributed by atoms with Gasteiger partial charge in [0.05, 0.1) is 22.9 Å². The van der Waals surface area contributed by atoms with Crippen molar-refractivity contribution >= 4 is 33.9 Å². The van der Waals surface area contributed by atoms with E-state index in [0.29, 0.717) is 21.3 Å². The van der Waals surface area contributed by atoms with Gasteiger partial charge in [-0.05, 0) is 6.07 Å². The van der Waals surface area contributed by atoms with Crippen LogP contribution in [0.4, 0.5) is 0 Å². The lowest BCUT2D eigenvalue weighted by molar-refractivity contribution is 0.137. The first-order valence-corrected chi connectivity index (χ1v) is 6.33. The van der Waals surface area contributed by atoms with E-state index in [2.05, 4.69) is 10.5 Å². The summed E-state index contributed by atoms with van der Waals surface area (Å²) in [4.78, 5) is 9.02. The summed E-state index contributed by atoms with van der Waals surface area (Å²) in [5.74, 6) is 0. The summed E-state index contributed by atoms with van der Waals surface area (Å²) in [6.45, 7) is 0. The lowest BCUT2D eigenvalue weighted by atomic mass is 10.1. The van der Waals surface area contributed by atoms with Crippen molar-refractivity contribution in [3.05, 3.63) is 64.9 Å². The van der Waals surface area contributed by atoms with E-state index in [1.54, 1.807) is 18.5 Å². The fraction of sp³-hybridized carbons (Fsp3) is 0.0714. The van der Waals surface area contributed by atoms with Crippen LogP contribution in [0.1, 0.15) is 11.1 Å². The van der Waals surface area contributed by atoms with Gasteiger partial charge >= 0.3 is 0 Å². The Morgan fingerprint density at radius 2 is 1.95 bits per heavy atom. The number of halogens is 2. The molecule has 1 N–H and O–H groups in total. The molecule has 0 aliphatic rings. The van der Waals surface area contributed by atoms with Crippen molar-refractivity contribution in [2.45, 2.75) is 0 Å². The lowest BCUT2D eigenvalue weighted by Crippen LogP contribution is -2.11. The van der Waals surface area contributed by atoms with Crippen LogP contribution in [0.2, 0.25) is 5.02 Å². The molecule has 0 aliphatic carbocycles. The van der Waals surface area contributed by atoms with Gasteiger partial charge in [0.2, 0.25) is 0 Å². The molecule has 0 unspecified atom stereocenters. The van der Waals surface area contributed by atoms with Gasteiger partial charge in [0.15, 0.2) is 0 Å². The Balaban J connectivity index is 2.54. The van der Waals surface area contributed by atoms with E-state index >= 15 is 0 Å². The van der Waals surface area contributed by atoms with Crippen molar-refractivity contribution in [1.29, 1.82) is 0 Å². The third kappa shape index (κ3) is 3.26. The van der Waals surface area contributed by atoms with Crippen molar-refractivity contribution in [2.24, 2.45) is 0 Å². The zero-order valence-corrected chi connectivity index (χ0v) is 11.7. The SMILES string of the molecule is CONC(=C(Cl)c1cnccc1Cl)c1ccccc1. The number of hydrogen-bond acceptors (Lipinski definition) is 3. The summed E-state index contributed by atoms with van der Waals surface area (Å²) in [7, 11) is 1.53. The minimum atomic E-state index is 0.450. The van der Waals surface area contributed by atoms with E-state index in [1.165, 1.54) is 7.11 Å². The maximum Gasteiger partial charge on any atom is 0.0870 e. The summed E-state index contributed by atoms with van der Waals surface area (Å²) in [6, 6.07) is 11.3. The molecule has 0 fully saturated rings. The Bertz CT molecular complexity index is 585. The summed E-state index contributed by atoms with van der Waals surface area (Å²) in [6.07, 6.45) is 3.23. The van der Waals surface area contributed by atoms with Crippen LogP contribution in [0, 0.1) is 0 Å². The van der Waals surface area contributed by atoms with Crippen molar-refractivity contribution < 1.29 is 4.84 Å². The van der Waals surface area contributed by atoms with E-state index in [1.807, 2.05) is 30.3 Å². The second-order valence-electron chi connectivity index (χ2n) is 3.72. The molecule has 0 radical (unpaired) electrons. The first-order valence-electron chi connectivity index (χ1n) is 5.58. The predicted molar refractivity (Wildman–Crippen MR) is 78.5 cm³/mol. The van der Waals surface area contributed by atoms with E-state index in [-0.39, 0.29) is 0 Å². The van der Waals surface area contributed by atoms with Gasteiger partial charge in [-0.3, -0.25) is 15.3 Å². The minimum Gasteiger partial charge on any atom is -0.279 e. The summed E-state index contributed by atoms with van der Waals surface area (Å²) in [5.41, 5.74) is 4.97. The van der Waals surface area contributed by atoms with Gasteiger partial charge in [-0.25, -0.2) is 0 Å². The largest absolute Gasteiger partial charge is 0.279 e. The maximum absolute atomic E-state index is 6.40. The van der Waals surface area contributed by atoms with E-state index in [4.69, 9.17) is 28.0 Å². The Morgan fingerprint density at radius 1 is 1.21 bits per heavy atom. The van der Waals surface area contributed by atoms with Crippen LogP contribution in [0.15, 0.2) is 48.8 Å². The highest BCUT2D eigenvalue weighted by molar-refractivity contribution is 6.54. The molecule has 1 aromatic carbocycles. The van der Waals surface area contributed by atoms with Crippen LogP contribution in [0.5, 0.6) is 0 Å². The molecule has 5 heteroatoms. The highest BCUT2D eigenvalue weighted by Gasteiger charge is 2.12. The number of rotatable bonds is 4. The van der Waals surface area contributed by atoms with Crippen molar-refractivity contribution in [3.8, 4) is 0 Å². The molecule has 19 heavy (non-hydrogen) atoms. The topological polar surface area (TPSA) is 34.1 Å². The van der Waals surface area contributed by atoms with E-state index in [9.17, 15) is 0 Å². The summed E-state index contributed by atoms with van der Waals surface area (Å²) < 4.78 is 0. The second-order valence-corrected chi connectivity index (χ2v) is 4.50. The molecule has 98 valence electrons. The quantitative estimate of drug-likeness (QED) is 0.867. The van der Waals surface area contributed by atoms with Crippen LogP contribution in [-0.4, -0.2) is 12.1 Å². The molecule has 2 aromatic rings. The zero-order valence-electron chi connectivity index (χ0n) is 10.2. The first-order chi connectivity index (χ1) is 9.24. The van der Waals surface area contributed by atoms with Gasteiger partial charge in [0.25, 0.3) is 0 Å². The molecule has 3 nitrogen and oxygen atoms in total. The average molecular weight is 295 g/mol. The summed E-state index contributed by atoms with van der Waals surface area (Å²) in [5, 5.41) is 0.984. The molecule has 0 atom stereocenters. The van der Waals surface area contributed by atoms with Crippen LogP contribution in [-0.2, 0) is 4.84 Å². The molecule has 0 bridgehead atoms. The maximum atomic E-state index is 6.40. The zero-order chi connectivity index (χ0) is 13.7. The third-order valence-corrected chi connectivity index (χ3v) is 3.21. The molecule has 1 heterocycles. The number of benzene rings is 1. The van der Waals surface area contributed by atoms with Gasteiger partial charge in [-0.1, -0.05) is 53.5 Å². The smallest absolute Gasteiger partial charge is 0.0870 e. The van der Waals surface area contributed by atoms with Crippen LogP contribution < -0.4 is 5.48 Å². The highest BCUT2D eigenvalue weighted by Crippen LogP contribution is 2.31. The first kappa shape index (κ1) is 13.9.